The summed E-state index contributed by atoms with van der Waals surface area (Å²) in [6, 6.07) is 1.34. The number of hydrogen-bond donors (Lipinski definition) is 2. The van der Waals surface area contributed by atoms with E-state index in [0.717, 1.165) is 0 Å². The van der Waals surface area contributed by atoms with E-state index in [9.17, 15) is 32.3 Å². The summed E-state index contributed by atoms with van der Waals surface area (Å²) in [5.74, 6) is -2.23. The van der Waals surface area contributed by atoms with Gasteiger partial charge in [-0.05, 0) is 48.4 Å². The molecular weight excluding hydrogens is 403 g/mol. The summed E-state index contributed by atoms with van der Waals surface area (Å²) in [6.45, 7) is 1.53. The van der Waals surface area contributed by atoms with Crippen molar-refractivity contribution in [1.82, 2.24) is 15.5 Å². The molecular formula is C20H20F3N3O4. The molecule has 4 amide bonds. The number of rotatable bonds is 4. The lowest BCUT2D eigenvalue weighted by atomic mass is 9.97. The molecule has 2 fully saturated rings. The number of hydrogen-bond acceptors (Lipinski definition) is 4. The first-order valence-electron chi connectivity index (χ1n) is 9.65. The molecule has 1 saturated carbocycles. The number of nitrogens with one attached hydrogen (secondary N) is 2. The Morgan fingerprint density at radius 3 is 2.57 bits per heavy atom. The normalized spacial score (nSPS) is 23.7. The molecule has 0 radical (unpaired) electrons. The van der Waals surface area contributed by atoms with E-state index >= 15 is 0 Å². The van der Waals surface area contributed by atoms with Gasteiger partial charge in [-0.25, -0.2) is 0 Å². The molecule has 160 valence electrons. The third kappa shape index (κ3) is 3.54. The van der Waals surface area contributed by atoms with E-state index in [1.165, 1.54) is 30.0 Å². The third-order valence-electron chi connectivity index (χ3n) is 6.12. The average molecular weight is 423 g/mol. The molecule has 3 aliphatic rings. The molecule has 0 spiro atoms. The molecule has 2 aliphatic heterocycles. The highest BCUT2D eigenvalue weighted by Gasteiger charge is 2.57. The van der Waals surface area contributed by atoms with Crippen LogP contribution in [0.4, 0.5) is 13.2 Å². The van der Waals surface area contributed by atoms with Gasteiger partial charge in [0.1, 0.15) is 12.1 Å². The lowest BCUT2D eigenvalue weighted by molar-refractivity contribution is -0.167. The van der Waals surface area contributed by atoms with Gasteiger partial charge in [-0.2, -0.15) is 13.2 Å². The van der Waals surface area contributed by atoms with Crippen LogP contribution in [-0.4, -0.2) is 46.8 Å². The number of fused-ring (bicyclic) bond motifs is 1. The minimum Gasteiger partial charge on any atom is -0.340 e. The standard InChI is InChI=1S/C20H20F3N3O4/c1-19(6-7-19)18(20(21,22)23)25-15(28)10-2-3-12-11(8-10)9-26(17(12)30)13-4-5-14(27)24-16(13)29/h2-3,8,13,18H,4-7,9H2,1H3,(H,25,28)(H,24,27,29)/t13?,18-/m1/s1. The molecule has 1 unspecified atom stereocenters. The highest BCUT2D eigenvalue weighted by Crippen LogP contribution is 2.52. The maximum Gasteiger partial charge on any atom is 0.409 e. The molecule has 7 nitrogen and oxygen atoms in total. The van der Waals surface area contributed by atoms with E-state index in [-0.39, 0.29) is 30.5 Å². The number of carbonyl (C=O) groups excluding carboxylic acids is 4. The van der Waals surface area contributed by atoms with Crippen LogP contribution in [0, 0.1) is 5.41 Å². The van der Waals surface area contributed by atoms with Crippen molar-refractivity contribution >= 4 is 23.6 Å². The first kappa shape index (κ1) is 20.4. The van der Waals surface area contributed by atoms with Crippen LogP contribution in [-0.2, 0) is 16.1 Å². The van der Waals surface area contributed by atoms with E-state index < -0.39 is 47.3 Å². The maximum atomic E-state index is 13.4. The molecule has 30 heavy (non-hydrogen) atoms. The van der Waals surface area contributed by atoms with Gasteiger partial charge in [0, 0.05) is 24.1 Å². The van der Waals surface area contributed by atoms with E-state index in [1.807, 2.05) is 0 Å². The van der Waals surface area contributed by atoms with Crippen molar-refractivity contribution in [3.05, 3.63) is 34.9 Å². The van der Waals surface area contributed by atoms with E-state index in [1.54, 1.807) is 0 Å². The summed E-state index contributed by atoms with van der Waals surface area (Å²) in [5, 5.41) is 4.30. The van der Waals surface area contributed by atoms with Crippen molar-refractivity contribution in [2.75, 3.05) is 0 Å². The summed E-state index contributed by atoms with van der Waals surface area (Å²) in [7, 11) is 0. The zero-order valence-electron chi connectivity index (χ0n) is 16.1. The molecule has 0 bridgehead atoms. The zero-order chi connectivity index (χ0) is 21.8. The summed E-state index contributed by atoms with van der Waals surface area (Å²) in [6.07, 6.45) is -3.48. The zero-order valence-corrected chi connectivity index (χ0v) is 16.1. The second kappa shape index (κ2) is 6.82. The second-order valence-electron chi connectivity index (χ2n) is 8.37. The Bertz CT molecular complexity index is 950. The fourth-order valence-corrected chi connectivity index (χ4v) is 4.07. The van der Waals surface area contributed by atoms with Gasteiger partial charge in [0.2, 0.25) is 11.8 Å². The molecule has 2 heterocycles. The van der Waals surface area contributed by atoms with Crippen LogP contribution in [0.25, 0.3) is 0 Å². The molecule has 0 aromatic heterocycles. The summed E-state index contributed by atoms with van der Waals surface area (Å²) >= 11 is 0. The monoisotopic (exact) mass is 423 g/mol. The number of amides is 4. The quantitative estimate of drug-likeness (QED) is 0.724. The first-order chi connectivity index (χ1) is 14.0. The van der Waals surface area contributed by atoms with Crippen molar-refractivity contribution in [3.8, 4) is 0 Å². The minimum atomic E-state index is -4.56. The Morgan fingerprint density at radius 1 is 1.27 bits per heavy atom. The fraction of sp³-hybridized carbons (Fsp3) is 0.500. The Hall–Kier alpha value is -2.91. The predicted octanol–water partition coefficient (Wildman–Crippen LogP) is 1.91. The number of piperidine rings is 1. The number of nitrogens with zero attached hydrogens (tertiary/aromatic N) is 1. The Labute approximate surface area is 170 Å². The topological polar surface area (TPSA) is 95.6 Å². The van der Waals surface area contributed by atoms with Gasteiger partial charge < -0.3 is 10.2 Å². The van der Waals surface area contributed by atoms with Crippen LogP contribution in [0.2, 0.25) is 0 Å². The number of imide groups is 1. The van der Waals surface area contributed by atoms with Crippen molar-refractivity contribution in [2.24, 2.45) is 5.41 Å². The van der Waals surface area contributed by atoms with Crippen molar-refractivity contribution < 1.29 is 32.3 Å². The van der Waals surface area contributed by atoms with Crippen LogP contribution in [0.5, 0.6) is 0 Å². The van der Waals surface area contributed by atoms with Crippen molar-refractivity contribution in [1.29, 1.82) is 0 Å². The number of benzene rings is 1. The molecule has 2 N–H and O–H groups in total. The number of halogens is 3. The smallest absolute Gasteiger partial charge is 0.340 e. The number of alkyl halides is 3. The van der Waals surface area contributed by atoms with Gasteiger partial charge in [0.25, 0.3) is 11.8 Å². The molecule has 4 rings (SSSR count). The summed E-state index contributed by atoms with van der Waals surface area (Å²) in [5.41, 5.74) is -0.232. The van der Waals surface area contributed by atoms with Crippen LogP contribution < -0.4 is 10.6 Å². The molecule has 1 aliphatic carbocycles. The highest BCUT2D eigenvalue weighted by molar-refractivity contribution is 6.06. The first-order valence-corrected chi connectivity index (χ1v) is 9.65. The Balaban J connectivity index is 1.52. The van der Waals surface area contributed by atoms with Crippen LogP contribution in [0.3, 0.4) is 0 Å². The maximum absolute atomic E-state index is 13.4. The fourth-order valence-electron chi connectivity index (χ4n) is 4.07. The summed E-state index contributed by atoms with van der Waals surface area (Å²) in [4.78, 5) is 49.9. The lowest BCUT2D eigenvalue weighted by Gasteiger charge is -2.29. The van der Waals surface area contributed by atoms with Gasteiger partial charge >= 0.3 is 6.18 Å². The van der Waals surface area contributed by atoms with E-state index in [4.69, 9.17) is 0 Å². The summed E-state index contributed by atoms with van der Waals surface area (Å²) < 4.78 is 40.2. The van der Waals surface area contributed by atoms with Crippen LogP contribution >= 0.6 is 0 Å². The molecule has 1 saturated heterocycles. The Kier molecular flexibility index (Phi) is 4.63. The molecule has 1 aromatic carbocycles. The SMILES string of the molecule is CC1([C@@H](NC(=O)c2ccc3c(c2)CN(C2CCC(=O)NC2=O)C3=O)C(F)(F)F)CC1. The highest BCUT2D eigenvalue weighted by atomic mass is 19.4. The van der Waals surface area contributed by atoms with Crippen LogP contribution in [0.1, 0.15) is 58.9 Å². The van der Waals surface area contributed by atoms with E-state index in [2.05, 4.69) is 10.6 Å². The minimum absolute atomic E-state index is 0.0187. The van der Waals surface area contributed by atoms with Crippen molar-refractivity contribution in [2.45, 2.75) is 57.4 Å². The van der Waals surface area contributed by atoms with Gasteiger partial charge in [0.15, 0.2) is 0 Å². The van der Waals surface area contributed by atoms with E-state index in [0.29, 0.717) is 18.4 Å². The second-order valence-corrected chi connectivity index (χ2v) is 8.37. The van der Waals surface area contributed by atoms with Gasteiger partial charge in [-0.3, -0.25) is 24.5 Å². The van der Waals surface area contributed by atoms with Crippen molar-refractivity contribution in [3.63, 3.8) is 0 Å². The third-order valence-corrected chi connectivity index (χ3v) is 6.12. The Morgan fingerprint density at radius 2 is 1.97 bits per heavy atom. The van der Waals surface area contributed by atoms with Gasteiger partial charge in [0.05, 0.1) is 0 Å². The largest absolute Gasteiger partial charge is 0.409 e. The van der Waals surface area contributed by atoms with Gasteiger partial charge in [-0.15, -0.1) is 0 Å². The lowest BCUT2D eigenvalue weighted by Crippen LogP contribution is -2.52. The molecule has 2 atom stereocenters. The molecule has 10 heteroatoms. The average Bonchev–Trinajstić information content (AvgIpc) is 3.32. The number of carbonyl (C=O) groups is 4. The van der Waals surface area contributed by atoms with Crippen LogP contribution in [0.15, 0.2) is 18.2 Å². The van der Waals surface area contributed by atoms with Gasteiger partial charge in [-0.1, -0.05) is 6.92 Å². The predicted molar refractivity (Wildman–Crippen MR) is 97.1 cm³/mol. The molecule has 1 aromatic rings.